The van der Waals surface area contributed by atoms with Gasteiger partial charge in [0, 0.05) is 35.7 Å². The van der Waals surface area contributed by atoms with Crippen molar-refractivity contribution in [3.05, 3.63) is 114 Å². The second-order valence-corrected chi connectivity index (χ2v) is 11.4. The molecule has 1 aliphatic carbocycles. The van der Waals surface area contributed by atoms with Gasteiger partial charge < -0.3 is 24.7 Å². The van der Waals surface area contributed by atoms with Gasteiger partial charge in [0.25, 0.3) is 11.8 Å². The zero-order chi connectivity index (χ0) is 30.8. The number of amides is 2. The number of likely N-dealkylation sites (N-methyl/N-ethyl adjacent to an activating group) is 1. The van der Waals surface area contributed by atoms with Crippen molar-refractivity contribution in [1.82, 2.24) is 15.5 Å². The number of carbonyl (C=O) groups excluding carboxylic acids is 2. The number of nitrogens with one attached hydrogen (secondary N) is 2. The van der Waals surface area contributed by atoms with E-state index in [-0.39, 0.29) is 23.2 Å². The van der Waals surface area contributed by atoms with Gasteiger partial charge in [-0.1, -0.05) is 36.4 Å². The molecule has 1 aliphatic rings. The first-order chi connectivity index (χ1) is 21.3. The molecular weight excluding hydrogens is 557 g/mol. The molecule has 1 aromatic heterocycles. The molecule has 224 valence electrons. The van der Waals surface area contributed by atoms with Crippen molar-refractivity contribution in [3.63, 3.8) is 0 Å². The largest absolute Gasteiger partial charge is 0.492 e. The van der Waals surface area contributed by atoms with E-state index in [1.54, 1.807) is 31.3 Å². The number of ether oxygens (including phenoxy) is 1. The van der Waals surface area contributed by atoms with Gasteiger partial charge in [0.2, 0.25) is 0 Å². The van der Waals surface area contributed by atoms with Crippen molar-refractivity contribution in [1.29, 1.82) is 0 Å². The normalized spacial score (nSPS) is 13.6. The number of furan rings is 1. The van der Waals surface area contributed by atoms with Crippen LogP contribution in [0, 0.1) is 5.82 Å². The number of nitrogens with zero attached hydrogens (tertiary/aromatic N) is 1. The molecular formula is C36H34FN3O4. The quantitative estimate of drug-likeness (QED) is 0.191. The lowest BCUT2D eigenvalue weighted by atomic mass is 9.97. The lowest BCUT2D eigenvalue weighted by Gasteiger charge is -2.19. The van der Waals surface area contributed by atoms with Gasteiger partial charge in [-0.15, -0.1) is 0 Å². The Labute approximate surface area is 255 Å². The van der Waals surface area contributed by atoms with Crippen LogP contribution in [0.5, 0.6) is 5.75 Å². The van der Waals surface area contributed by atoms with Crippen molar-refractivity contribution in [3.8, 4) is 28.2 Å². The molecule has 44 heavy (non-hydrogen) atoms. The van der Waals surface area contributed by atoms with E-state index >= 15 is 0 Å². The van der Waals surface area contributed by atoms with E-state index in [2.05, 4.69) is 10.6 Å². The number of hydrogen-bond donors (Lipinski definition) is 2. The van der Waals surface area contributed by atoms with E-state index in [0.29, 0.717) is 52.3 Å². The minimum absolute atomic E-state index is 0.165. The summed E-state index contributed by atoms with van der Waals surface area (Å²) in [5.74, 6) is 0.0991. The van der Waals surface area contributed by atoms with Gasteiger partial charge in [-0.3, -0.25) is 9.59 Å². The Hall–Kier alpha value is -4.95. The average Bonchev–Trinajstić information content (AvgIpc) is 3.72. The standard InChI is InChI=1S/C36H34FN3O4/c1-38-35(42)32-29-21-24(11-16-31(29)44-33(32)23-9-13-27(37)14-10-23)28-22-25(12-15-30(28)43-20-19-40(2)3)34(41)39-36(17-18-36)26-7-5-4-6-8-26/h4-16,21-22H,17-20H2,1-3H3,(H,38,42)(H,39,41). The number of hydrogen-bond acceptors (Lipinski definition) is 5. The van der Waals surface area contributed by atoms with Crippen molar-refractivity contribution in [2.45, 2.75) is 18.4 Å². The zero-order valence-corrected chi connectivity index (χ0v) is 24.9. The van der Waals surface area contributed by atoms with E-state index in [9.17, 15) is 14.0 Å². The molecule has 0 spiro atoms. The minimum atomic E-state index is -0.379. The van der Waals surface area contributed by atoms with Crippen LogP contribution in [0.15, 0.2) is 95.4 Å². The first-order valence-electron chi connectivity index (χ1n) is 14.6. The topological polar surface area (TPSA) is 83.8 Å². The Morgan fingerprint density at radius 1 is 0.909 bits per heavy atom. The van der Waals surface area contributed by atoms with E-state index in [4.69, 9.17) is 9.15 Å². The van der Waals surface area contributed by atoms with Crippen LogP contribution in [0.4, 0.5) is 4.39 Å². The Morgan fingerprint density at radius 3 is 2.32 bits per heavy atom. The molecule has 1 saturated carbocycles. The highest BCUT2D eigenvalue weighted by atomic mass is 19.1. The number of carbonyl (C=O) groups is 2. The van der Waals surface area contributed by atoms with Gasteiger partial charge >= 0.3 is 0 Å². The highest BCUT2D eigenvalue weighted by molar-refractivity contribution is 6.12. The van der Waals surface area contributed by atoms with Crippen molar-refractivity contribution in [2.75, 3.05) is 34.3 Å². The second-order valence-electron chi connectivity index (χ2n) is 11.4. The van der Waals surface area contributed by atoms with Gasteiger partial charge in [0.05, 0.1) is 11.1 Å². The van der Waals surface area contributed by atoms with E-state index in [1.165, 1.54) is 12.1 Å². The third-order valence-electron chi connectivity index (χ3n) is 8.03. The van der Waals surface area contributed by atoms with Crippen LogP contribution in [-0.2, 0) is 5.54 Å². The molecule has 0 unspecified atom stereocenters. The van der Waals surface area contributed by atoms with Gasteiger partial charge in [-0.05, 0) is 92.7 Å². The molecule has 1 fully saturated rings. The molecule has 2 N–H and O–H groups in total. The summed E-state index contributed by atoms with van der Waals surface area (Å²) in [7, 11) is 5.51. The van der Waals surface area contributed by atoms with Crippen LogP contribution < -0.4 is 15.4 Å². The highest BCUT2D eigenvalue weighted by Crippen LogP contribution is 2.46. The Balaban J connectivity index is 1.41. The molecule has 5 aromatic rings. The van der Waals surface area contributed by atoms with Crippen LogP contribution in [0.25, 0.3) is 33.4 Å². The summed E-state index contributed by atoms with van der Waals surface area (Å²) in [5, 5.41) is 6.56. The summed E-state index contributed by atoms with van der Waals surface area (Å²) >= 11 is 0. The molecule has 0 atom stereocenters. The molecule has 0 radical (unpaired) electrons. The molecule has 1 heterocycles. The number of halogens is 1. The second kappa shape index (κ2) is 12.0. The van der Waals surface area contributed by atoms with Crippen LogP contribution in [0.1, 0.15) is 39.1 Å². The van der Waals surface area contributed by atoms with Gasteiger partial charge in [0.1, 0.15) is 29.5 Å². The predicted octanol–water partition coefficient (Wildman–Crippen LogP) is 6.63. The smallest absolute Gasteiger partial charge is 0.255 e. The molecule has 2 amide bonds. The van der Waals surface area contributed by atoms with E-state index in [0.717, 1.165) is 29.5 Å². The summed E-state index contributed by atoms with van der Waals surface area (Å²) in [6, 6.07) is 26.9. The fourth-order valence-electron chi connectivity index (χ4n) is 5.44. The highest BCUT2D eigenvalue weighted by Gasteiger charge is 2.45. The molecule has 8 heteroatoms. The Morgan fingerprint density at radius 2 is 1.64 bits per heavy atom. The summed E-state index contributed by atoms with van der Waals surface area (Å²) in [5.41, 5.74) is 4.17. The van der Waals surface area contributed by atoms with Crippen LogP contribution in [0.2, 0.25) is 0 Å². The van der Waals surface area contributed by atoms with E-state index in [1.807, 2.05) is 73.6 Å². The Bertz CT molecular complexity index is 1830. The third-order valence-corrected chi connectivity index (χ3v) is 8.03. The van der Waals surface area contributed by atoms with Crippen LogP contribution in [0.3, 0.4) is 0 Å². The molecule has 7 nitrogen and oxygen atoms in total. The first kappa shape index (κ1) is 29.1. The SMILES string of the molecule is CNC(=O)c1c(-c2ccc(F)cc2)oc2ccc(-c3cc(C(=O)NC4(c5ccccc5)CC4)ccc3OCCN(C)C)cc12. The fraction of sp³-hybridized carbons (Fsp3) is 0.222. The summed E-state index contributed by atoms with van der Waals surface area (Å²) in [6.07, 6.45) is 1.77. The average molecular weight is 592 g/mol. The lowest BCUT2D eigenvalue weighted by molar-refractivity contribution is 0.0929. The predicted molar refractivity (Wildman–Crippen MR) is 169 cm³/mol. The summed E-state index contributed by atoms with van der Waals surface area (Å²) in [4.78, 5) is 28.8. The van der Waals surface area contributed by atoms with Gasteiger partial charge in [-0.2, -0.15) is 0 Å². The van der Waals surface area contributed by atoms with Crippen molar-refractivity contribution in [2.24, 2.45) is 0 Å². The molecule has 0 bridgehead atoms. The van der Waals surface area contributed by atoms with Gasteiger partial charge in [-0.25, -0.2) is 4.39 Å². The van der Waals surface area contributed by atoms with Crippen molar-refractivity contribution >= 4 is 22.8 Å². The molecule has 4 aromatic carbocycles. The minimum Gasteiger partial charge on any atom is -0.492 e. The monoisotopic (exact) mass is 591 g/mol. The van der Waals surface area contributed by atoms with E-state index < -0.39 is 0 Å². The summed E-state index contributed by atoms with van der Waals surface area (Å²) in [6.45, 7) is 1.17. The van der Waals surface area contributed by atoms with Gasteiger partial charge in [0.15, 0.2) is 0 Å². The van der Waals surface area contributed by atoms with Crippen molar-refractivity contribution < 1.29 is 23.1 Å². The maximum Gasteiger partial charge on any atom is 0.255 e. The number of fused-ring (bicyclic) bond motifs is 1. The number of benzene rings is 4. The van der Waals surface area contributed by atoms with Crippen LogP contribution in [-0.4, -0.2) is 51.0 Å². The first-order valence-corrected chi connectivity index (χ1v) is 14.6. The molecule has 6 rings (SSSR count). The maximum atomic E-state index is 13.7. The fourth-order valence-corrected chi connectivity index (χ4v) is 5.44. The Kier molecular flexibility index (Phi) is 7.93. The van der Waals surface area contributed by atoms with Crippen LogP contribution >= 0.6 is 0 Å². The third kappa shape index (κ3) is 5.81. The zero-order valence-electron chi connectivity index (χ0n) is 24.9. The summed E-state index contributed by atoms with van der Waals surface area (Å²) < 4.78 is 26.0. The lowest BCUT2D eigenvalue weighted by Crippen LogP contribution is -2.34. The molecule has 0 saturated heterocycles. The number of rotatable bonds is 10. The molecule has 0 aliphatic heterocycles. The maximum absolute atomic E-state index is 13.7.